The van der Waals surface area contributed by atoms with Crippen LogP contribution in [0.1, 0.15) is 16.1 Å². The highest BCUT2D eigenvalue weighted by Crippen LogP contribution is 2.16. The summed E-state index contributed by atoms with van der Waals surface area (Å²) in [4.78, 5) is 12.1. The molecule has 0 saturated carbocycles. The highest BCUT2D eigenvalue weighted by Gasteiger charge is 2.05. The molecule has 0 aliphatic rings. The van der Waals surface area contributed by atoms with Crippen LogP contribution in [0.4, 0.5) is 0 Å². The van der Waals surface area contributed by atoms with Crippen LogP contribution in [0.15, 0.2) is 76.4 Å². The minimum absolute atomic E-state index is 0.277. The lowest BCUT2D eigenvalue weighted by Gasteiger charge is -2.06. The average molecular weight is 398 g/mol. The Morgan fingerprint density at radius 1 is 1.12 bits per heavy atom. The number of nitrogens with one attached hydrogen (secondary N) is 1. The van der Waals surface area contributed by atoms with Crippen LogP contribution in [0.2, 0.25) is 0 Å². The maximum absolute atomic E-state index is 12.1. The summed E-state index contributed by atoms with van der Waals surface area (Å²) in [6.45, 7) is 0. The van der Waals surface area contributed by atoms with Gasteiger partial charge in [0.1, 0.15) is 5.75 Å². The number of amides is 1. The number of hydrogen-bond donors (Lipinski definition) is 1. The predicted octanol–water partition coefficient (Wildman–Crippen LogP) is 4.01. The van der Waals surface area contributed by atoms with E-state index in [9.17, 15) is 4.79 Å². The summed E-state index contributed by atoms with van der Waals surface area (Å²) < 4.78 is 8.08. The van der Waals surface area contributed by atoms with E-state index in [2.05, 4.69) is 26.5 Å². The second-order valence-electron chi connectivity index (χ2n) is 5.21. The van der Waals surface area contributed by atoms with Gasteiger partial charge in [0.25, 0.3) is 5.91 Å². The van der Waals surface area contributed by atoms with Gasteiger partial charge in [0.2, 0.25) is 0 Å². The molecular weight excluding hydrogens is 382 g/mol. The molecule has 0 fully saturated rings. The summed E-state index contributed by atoms with van der Waals surface area (Å²) in [7, 11) is 1.58. The maximum atomic E-state index is 12.1. The molecule has 1 heterocycles. The Morgan fingerprint density at radius 3 is 2.52 bits per heavy atom. The molecule has 0 saturated heterocycles. The minimum Gasteiger partial charge on any atom is -0.497 e. The number of hydrazone groups is 1. The monoisotopic (exact) mass is 397 g/mol. The summed E-state index contributed by atoms with van der Waals surface area (Å²) in [5.41, 5.74) is 4.92. The number of ether oxygens (including phenoxy) is 1. The van der Waals surface area contributed by atoms with Gasteiger partial charge in [-0.25, -0.2) is 5.43 Å². The topological polar surface area (TPSA) is 55.6 Å². The number of rotatable bonds is 5. The van der Waals surface area contributed by atoms with E-state index in [0.717, 1.165) is 15.9 Å². The molecule has 6 heteroatoms. The van der Waals surface area contributed by atoms with Gasteiger partial charge >= 0.3 is 0 Å². The molecule has 126 valence electrons. The molecule has 0 aliphatic carbocycles. The first-order valence-electron chi connectivity index (χ1n) is 7.58. The summed E-state index contributed by atoms with van der Waals surface area (Å²) in [6.07, 6.45) is 3.55. The van der Waals surface area contributed by atoms with E-state index in [1.54, 1.807) is 37.6 Å². The van der Waals surface area contributed by atoms with Crippen LogP contribution in [-0.4, -0.2) is 23.8 Å². The Labute approximate surface area is 154 Å². The fourth-order valence-electron chi connectivity index (χ4n) is 2.30. The van der Waals surface area contributed by atoms with Crippen LogP contribution in [0.3, 0.4) is 0 Å². The number of benzene rings is 2. The predicted molar refractivity (Wildman–Crippen MR) is 102 cm³/mol. The number of halogens is 1. The van der Waals surface area contributed by atoms with Crippen LogP contribution in [-0.2, 0) is 0 Å². The summed E-state index contributed by atoms with van der Waals surface area (Å²) in [5.74, 6) is 0.424. The molecule has 3 rings (SSSR count). The lowest BCUT2D eigenvalue weighted by Crippen LogP contribution is -2.17. The first kappa shape index (κ1) is 17.0. The van der Waals surface area contributed by atoms with E-state index >= 15 is 0 Å². The minimum atomic E-state index is -0.277. The molecule has 0 unspecified atom stereocenters. The van der Waals surface area contributed by atoms with Crippen LogP contribution >= 0.6 is 15.9 Å². The van der Waals surface area contributed by atoms with Gasteiger partial charge < -0.3 is 9.30 Å². The van der Waals surface area contributed by atoms with Gasteiger partial charge in [0.15, 0.2) is 0 Å². The Kier molecular flexibility index (Phi) is 5.30. The van der Waals surface area contributed by atoms with Gasteiger partial charge in [-0.15, -0.1) is 0 Å². The number of methoxy groups -OCH3 is 1. The third-order valence-corrected chi connectivity index (χ3v) is 4.13. The number of carbonyl (C=O) groups excluding carboxylic acids is 1. The van der Waals surface area contributed by atoms with Crippen LogP contribution in [0.5, 0.6) is 5.75 Å². The highest BCUT2D eigenvalue weighted by molar-refractivity contribution is 9.10. The van der Waals surface area contributed by atoms with Gasteiger partial charge in [-0.1, -0.05) is 15.9 Å². The molecule has 0 aliphatic heterocycles. The average Bonchev–Trinajstić information content (AvgIpc) is 3.11. The normalized spacial score (nSPS) is 10.8. The molecule has 5 nitrogen and oxygen atoms in total. The smallest absolute Gasteiger partial charge is 0.271 e. The number of aromatic nitrogens is 1. The van der Waals surface area contributed by atoms with Gasteiger partial charge in [0.05, 0.1) is 19.0 Å². The van der Waals surface area contributed by atoms with E-state index in [0.29, 0.717) is 11.3 Å². The molecule has 1 amide bonds. The van der Waals surface area contributed by atoms with Crippen LogP contribution < -0.4 is 10.2 Å². The van der Waals surface area contributed by atoms with Crippen molar-refractivity contribution >= 4 is 28.1 Å². The molecule has 1 aromatic heterocycles. The molecule has 2 aromatic carbocycles. The van der Waals surface area contributed by atoms with E-state index in [1.807, 2.05) is 47.2 Å². The van der Waals surface area contributed by atoms with Crippen molar-refractivity contribution in [3.8, 4) is 11.4 Å². The van der Waals surface area contributed by atoms with Crippen molar-refractivity contribution in [2.75, 3.05) is 7.11 Å². The van der Waals surface area contributed by atoms with Crippen molar-refractivity contribution in [2.24, 2.45) is 5.10 Å². The second-order valence-corrected chi connectivity index (χ2v) is 6.12. The molecule has 1 N–H and O–H groups in total. The van der Waals surface area contributed by atoms with E-state index in [-0.39, 0.29) is 5.91 Å². The lowest BCUT2D eigenvalue weighted by atomic mass is 10.2. The molecule has 25 heavy (non-hydrogen) atoms. The van der Waals surface area contributed by atoms with Crippen molar-refractivity contribution in [2.45, 2.75) is 0 Å². The number of hydrogen-bond acceptors (Lipinski definition) is 3. The molecular formula is C19H16BrN3O2. The molecule has 0 atom stereocenters. The van der Waals surface area contributed by atoms with Crippen molar-refractivity contribution in [1.82, 2.24) is 9.99 Å². The standard InChI is InChI=1S/C19H16BrN3O2/c1-25-18-10-4-14(5-11-18)19(24)22-21-13-17-3-2-12-23(17)16-8-6-15(20)7-9-16/h2-13H,1H3,(H,22,24)/b21-13-. The van der Waals surface area contributed by atoms with E-state index in [1.165, 1.54) is 0 Å². The van der Waals surface area contributed by atoms with Crippen LogP contribution in [0.25, 0.3) is 5.69 Å². The van der Waals surface area contributed by atoms with Crippen molar-refractivity contribution in [3.05, 3.63) is 82.6 Å². The Balaban J connectivity index is 1.69. The fraction of sp³-hybridized carbons (Fsp3) is 0.0526. The number of nitrogens with zero attached hydrogens (tertiary/aromatic N) is 2. The molecule has 3 aromatic rings. The maximum Gasteiger partial charge on any atom is 0.271 e. The molecule has 0 radical (unpaired) electrons. The SMILES string of the molecule is COc1ccc(C(=O)N/N=C\c2cccn2-c2ccc(Br)cc2)cc1. The van der Waals surface area contributed by atoms with Crippen molar-refractivity contribution in [1.29, 1.82) is 0 Å². The van der Waals surface area contributed by atoms with Crippen molar-refractivity contribution < 1.29 is 9.53 Å². The van der Waals surface area contributed by atoms with E-state index in [4.69, 9.17) is 4.74 Å². The molecule has 0 spiro atoms. The quantitative estimate of drug-likeness (QED) is 0.522. The Bertz CT molecular complexity index is 884. The largest absolute Gasteiger partial charge is 0.497 e. The molecule has 0 bridgehead atoms. The second kappa shape index (κ2) is 7.81. The van der Waals surface area contributed by atoms with Gasteiger partial charge in [-0.05, 0) is 60.7 Å². The first-order chi connectivity index (χ1) is 12.2. The van der Waals surface area contributed by atoms with Crippen molar-refractivity contribution in [3.63, 3.8) is 0 Å². The fourth-order valence-corrected chi connectivity index (χ4v) is 2.56. The summed E-state index contributed by atoms with van der Waals surface area (Å²) in [5, 5.41) is 4.05. The summed E-state index contributed by atoms with van der Waals surface area (Å²) >= 11 is 3.43. The summed E-state index contributed by atoms with van der Waals surface area (Å²) in [6, 6.07) is 18.6. The Morgan fingerprint density at radius 2 is 1.84 bits per heavy atom. The Hall–Kier alpha value is -2.86. The van der Waals surface area contributed by atoms with E-state index < -0.39 is 0 Å². The zero-order chi connectivity index (χ0) is 17.6. The third-order valence-electron chi connectivity index (χ3n) is 3.60. The van der Waals surface area contributed by atoms with Gasteiger partial charge in [-0.2, -0.15) is 5.10 Å². The first-order valence-corrected chi connectivity index (χ1v) is 8.37. The highest BCUT2D eigenvalue weighted by atomic mass is 79.9. The van der Waals surface area contributed by atoms with Crippen LogP contribution in [0, 0.1) is 0 Å². The zero-order valence-electron chi connectivity index (χ0n) is 13.5. The lowest BCUT2D eigenvalue weighted by molar-refractivity contribution is 0.0955. The van der Waals surface area contributed by atoms with Gasteiger partial charge in [-0.3, -0.25) is 4.79 Å². The number of carbonyl (C=O) groups is 1. The zero-order valence-corrected chi connectivity index (χ0v) is 15.1. The van der Waals surface area contributed by atoms with Gasteiger partial charge in [0, 0.05) is 21.9 Å². The third kappa shape index (κ3) is 4.16.